The number of carbonyl (C=O) groups excluding carboxylic acids is 1. The Bertz CT molecular complexity index is 470. The number of H-pyrrole nitrogens is 2. The van der Waals surface area contributed by atoms with Gasteiger partial charge >= 0.3 is 5.69 Å². The van der Waals surface area contributed by atoms with Crippen molar-refractivity contribution in [2.75, 3.05) is 5.32 Å². The van der Waals surface area contributed by atoms with E-state index < -0.39 is 11.2 Å². The predicted molar refractivity (Wildman–Crippen MR) is 69.6 cm³/mol. The molecule has 0 spiro atoms. The lowest BCUT2D eigenvalue weighted by Crippen LogP contribution is -2.28. The smallest absolute Gasteiger partial charge is 0.312 e. The highest BCUT2D eigenvalue weighted by Gasteiger charge is 2.16. The van der Waals surface area contributed by atoms with Crippen LogP contribution in [0.2, 0.25) is 0 Å². The van der Waals surface area contributed by atoms with Crippen molar-refractivity contribution >= 4 is 11.7 Å². The zero-order valence-electron chi connectivity index (χ0n) is 10.7. The fourth-order valence-corrected chi connectivity index (χ4v) is 1.87. The Balaban J connectivity index is 2.78. The van der Waals surface area contributed by atoms with Gasteiger partial charge in [0.25, 0.3) is 5.56 Å². The first kappa shape index (κ1) is 14.2. The van der Waals surface area contributed by atoms with Gasteiger partial charge in [-0.3, -0.25) is 19.6 Å². The van der Waals surface area contributed by atoms with Crippen LogP contribution in [0.1, 0.15) is 39.5 Å². The maximum Gasteiger partial charge on any atom is 0.327 e. The van der Waals surface area contributed by atoms with Crippen molar-refractivity contribution in [3.05, 3.63) is 26.9 Å². The van der Waals surface area contributed by atoms with E-state index in [2.05, 4.69) is 10.3 Å². The highest BCUT2D eigenvalue weighted by molar-refractivity contribution is 5.91. The van der Waals surface area contributed by atoms with Gasteiger partial charge in [-0.05, 0) is 12.8 Å². The van der Waals surface area contributed by atoms with E-state index in [9.17, 15) is 14.4 Å². The summed E-state index contributed by atoms with van der Waals surface area (Å²) in [5.74, 6) is -0.0892. The Labute approximate surface area is 105 Å². The first-order valence-electron chi connectivity index (χ1n) is 6.21. The predicted octanol–water partition coefficient (Wildman–Crippen LogP) is 1.22. The Morgan fingerprint density at radius 2 is 1.83 bits per heavy atom. The van der Waals surface area contributed by atoms with E-state index in [0.29, 0.717) is 0 Å². The average molecular weight is 253 g/mol. The summed E-state index contributed by atoms with van der Waals surface area (Å²) in [5, 5.41) is 2.58. The lowest BCUT2D eigenvalue weighted by atomic mass is 9.97. The van der Waals surface area contributed by atoms with Gasteiger partial charge in [0.05, 0.1) is 0 Å². The van der Waals surface area contributed by atoms with Crippen LogP contribution in [0.3, 0.4) is 0 Å². The van der Waals surface area contributed by atoms with E-state index in [1.54, 1.807) is 0 Å². The lowest BCUT2D eigenvalue weighted by molar-refractivity contribution is -0.120. The number of aromatic amines is 2. The van der Waals surface area contributed by atoms with Crippen molar-refractivity contribution in [2.24, 2.45) is 5.92 Å². The molecule has 0 bridgehead atoms. The molecule has 3 N–H and O–H groups in total. The summed E-state index contributed by atoms with van der Waals surface area (Å²) in [5.41, 5.74) is -1.16. The second-order valence-electron chi connectivity index (χ2n) is 4.26. The minimum atomic E-state index is -0.625. The Kier molecular flexibility index (Phi) is 5.35. The van der Waals surface area contributed by atoms with Crippen molar-refractivity contribution in [2.45, 2.75) is 39.5 Å². The third-order valence-corrected chi connectivity index (χ3v) is 2.66. The molecular weight excluding hydrogens is 234 g/mol. The van der Waals surface area contributed by atoms with Crippen LogP contribution >= 0.6 is 0 Å². The van der Waals surface area contributed by atoms with Crippen LogP contribution < -0.4 is 16.6 Å². The quantitative estimate of drug-likeness (QED) is 0.711. The van der Waals surface area contributed by atoms with E-state index in [1.165, 1.54) is 0 Å². The third-order valence-electron chi connectivity index (χ3n) is 2.66. The summed E-state index contributed by atoms with van der Waals surface area (Å²) in [4.78, 5) is 38.5. The average Bonchev–Trinajstić information content (AvgIpc) is 2.27. The molecule has 1 aromatic heterocycles. The van der Waals surface area contributed by atoms with E-state index in [4.69, 9.17) is 0 Å². The van der Waals surface area contributed by atoms with Crippen LogP contribution in [0.15, 0.2) is 15.7 Å². The van der Waals surface area contributed by atoms with Crippen molar-refractivity contribution in [3.8, 4) is 0 Å². The van der Waals surface area contributed by atoms with E-state index in [-0.39, 0.29) is 17.6 Å². The van der Waals surface area contributed by atoms with Gasteiger partial charge in [0.2, 0.25) is 5.91 Å². The number of hydrogen-bond donors (Lipinski definition) is 3. The van der Waals surface area contributed by atoms with Gasteiger partial charge in [-0.2, -0.15) is 0 Å². The second-order valence-corrected chi connectivity index (χ2v) is 4.26. The van der Waals surface area contributed by atoms with Gasteiger partial charge in [0.15, 0.2) is 0 Å². The zero-order chi connectivity index (χ0) is 13.5. The molecule has 1 amide bonds. The molecule has 0 saturated heterocycles. The molecule has 1 aromatic rings. The molecule has 6 nitrogen and oxygen atoms in total. The molecule has 0 aliphatic rings. The number of rotatable bonds is 6. The van der Waals surface area contributed by atoms with Crippen LogP contribution in [0, 0.1) is 5.92 Å². The van der Waals surface area contributed by atoms with Gasteiger partial charge in [-0.15, -0.1) is 0 Å². The number of carbonyl (C=O) groups is 1. The monoisotopic (exact) mass is 253 g/mol. The van der Waals surface area contributed by atoms with Gasteiger partial charge in [-0.1, -0.05) is 26.7 Å². The number of nitrogens with one attached hydrogen (secondary N) is 3. The molecule has 0 atom stereocenters. The zero-order valence-corrected chi connectivity index (χ0v) is 10.7. The fourth-order valence-electron chi connectivity index (χ4n) is 1.87. The molecule has 0 saturated carbocycles. The molecule has 100 valence electrons. The minimum absolute atomic E-state index is 0.0808. The van der Waals surface area contributed by atoms with Crippen LogP contribution in [0.5, 0.6) is 0 Å². The van der Waals surface area contributed by atoms with Crippen LogP contribution in [-0.2, 0) is 4.79 Å². The number of hydrogen-bond acceptors (Lipinski definition) is 3. The lowest BCUT2D eigenvalue weighted by Gasteiger charge is -2.14. The number of anilines is 1. The molecule has 0 aliphatic heterocycles. The SMILES string of the molecule is CCCC(CCC)C(=O)Nc1cc(=O)[nH]c(=O)[nH]1. The largest absolute Gasteiger partial charge is 0.327 e. The molecule has 0 aliphatic carbocycles. The highest BCUT2D eigenvalue weighted by Crippen LogP contribution is 2.15. The number of aromatic nitrogens is 2. The first-order chi connectivity index (χ1) is 8.56. The molecule has 6 heteroatoms. The Morgan fingerprint density at radius 1 is 1.22 bits per heavy atom. The number of amides is 1. The molecule has 1 rings (SSSR count). The molecular formula is C12H19N3O3. The standard InChI is InChI=1S/C12H19N3O3/c1-3-5-8(6-4-2)11(17)13-9-7-10(16)15-12(18)14-9/h7-8H,3-6H2,1-2H3,(H3,13,14,15,16,17,18). The van der Waals surface area contributed by atoms with Crippen molar-refractivity contribution in [3.63, 3.8) is 0 Å². The Morgan fingerprint density at radius 3 is 2.33 bits per heavy atom. The van der Waals surface area contributed by atoms with Crippen LogP contribution in [0.25, 0.3) is 0 Å². The van der Waals surface area contributed by atoms with E-state index in [0.717, 1.165) is 31.7 Å². The maximum atomic E-state index is 12.0. The van der Waals surface area contributed by atoms with Gasteiger partial charge in [-0.25, -0.2) is 4.79 Å². The van der Waals surface area contributed by atoms with Gasteiger partial charge in [0, 0.05) is 12.0 Å². The summed E-state index contributed by atoms with van der Waals surface area (Å²) in [6.07, 6.45) is 3.44. The highest BCUT2D eigenvalue weighted by atomic mass is 16.2. The first-order valence-corrected chi connectivity index (χ1v) is 6.21. The molecule has 0 radical (unpaired) electrons. The Hall–Kier alpha value is -1.85. The van der Waals surface area contributed by atoms with E-state index >= 15 is 0 Å². The molecule has 0 aromatic carbocycles. The summed E-state index contributed by atoms with van der Waals surface area (Å²) < 4.78 is 0. The molecule has 0 unspecified atom stereocenters. The second kappa shape index (κ2) is 6.78. The maximum absolute atomic E-state index is 12.0. The van der Waals surface area contributed by atoms with Gasteiger partial charge < -0.3 is 5.32 Å². The van der Waals surface area contributed by atoms with Crippen molar-refractivity contribution in [1.82, 2.24) is 9.97 Å². The fraction of sp³-hybridized carbons (Fsp3) is 0.583. The molecule has 18 heavy (non-hydrogen) atoms. The third kappa shape index (κ3) is 4.20. The van der Waals surface area contributed by atoms with Gasteiger partial charge in [0.1, 0.15) is 5.82 Å². The summed E-state index contributed by atoms with van der Waals surface area (Å²) in [6.45, 7) is 4.04. The summed E-state index contributed by atoms with van der Waals surface area (Å²) in [7, 11) is 0. The topological polar surface area (TPSA) is 94.8 Å². The van der Waals surface area contributed by atoms with Crippen LogP contribution in [-0.4, -0.2) is 15.9 Å². The molecule has 1 heterocycles. The normalized spacial score (nSPS) is 10.6. The summed E-state index contributed by atoms with van der Waals surface area (Å²) >= 11 is 0. The summed E-state index contributed by atoms with van der Waals surface area (Å²) in [6, 6.07) is 1.16. The van der Waals surface area contributed by atoms with Crippen molar-refractivity contribution < 1.29 is 4.79 Å². The van der Waals surface area contributed by atoms with Crippen LogP contribution in [0.4, 0.5) is 5.82 Å². The van der Waals surface area contributed by atoms with E-state index in [1.807, 2.05) is 18.8 Å². The minimum Gasteiger partial charge on any atom is -0.312 e. The molecule has 0 fully saturated rings. The van der Waals surface area contributed by atoms with Crippen molar-refractivity contribution in [1.29, 1.82) is 0 Å².